The molecule has 4 nitrogen and oxygen atoms in total. The van der Waals surface area contributed by atoms with Crippen LogP contribution in [0.15, 0.2) is 0 Å². The molecule has 1 saturated carbocycles. The third kappa shape index (κ3) is 4.02. The lowest BCUT2D eigenvalue weighted by Crippen LogP contribution is -2.11. The van der Waals surface area contributed by atoms with Crippen molar-refractivity contribution in [3.8, 4) is 12.3 Å². The average molecular weight is 230 g/mol. The smallest absolute Gasteiger partial charge is 0.264 e. The molecule has 0 heterocycles. The minimum absolute atomic E-state index is 0.00873. The topological polar surface area (TPSA) is 60.4 Å². The summed E-state index contributed by atoms with van der Waals surface area (Å²) >= 11 is 0. The van der Waals surface area contributed by atoms with Crippen LogP contribution in [0.1, 0.15) is 19.3 Å². The maximum atomic E-state index is 11.4. The minimum atomic E-state index is -3.41. The van der Waals surface area contributed by atoms with Gasteiger partial charge in [0.15, 0.2) is 0 Å². The highest BCUT2D eigenvalue weighted by Gasteiger charge is 2.32. The lowest BCUT2D eigenvalue weighted by Gasteiger charge is -2.07. The summed E-state index contributed by atoms with van der Waals surface area (Å²) in [7, 11) is -3.41. The summed E-state index contributed by atoms with van der Waals surface area (Å²) in [5.74, 6) is 2.46. The van der Waals surface area contributed by atoms with E-state index in [1.807, 2.05) is 0 Å². The lowest BCUT2D eigenvalue weighted by atomic mass is 10.0. The van der Waals surface area contributed by atoms with Crippen molar-refractivity contribution in [2.24, 2.45) is 11.8 Å². The standard InChI is InChI=1S/C10H14O4S/c1-3-4-9-5-8(6-10(9)11)7-14-15(2,12)13/h1,8-9H,4-7H2,2H3/t8-,9+/m1/s1. The molecule has 0 unspecified atom stereocenters. The summed E-state index contributed by atoms with van der Waals surface area (Å²) < 4.78 is 26.1. The van der Waals surface area contributed by atoms with Crippen molar-refractivity contribution in [3.05, 3.63) is 0 Å². The van der Waals surface area contributed by atoms with Crippen LogP contribution >= 0.6 is 0 Å². The highest BCUT2D eigenvalue weighted by molar-refractivity contribution is 7.85. The van der Waals surface area contributed by atoms with E-state index in [0.717, 1.165) is 6.26 Å². The predicted octanol–water partition coefficient (Wildman–Crippen LogP) is 0.581. The molecule has 0 radical (unpaired) electrons. The number of carbonyl (C=O) groups is 1. The highest BCUT2D eigenvalue weighted by Crippen LogP contribution is 2.30. The van der Waals surface area contributed by atoms with Gasteiger partial charge in [-0.1, -0.05) is 0 Å². The van der Waals surface area contributed by atoms with E-state index >= 15 is 0 Å². The third-order valence-corrected chi connectivity index (χ3v) is 3.01. The minimum Gasteiger partial charge on any atom is -0.299 e. The van der Waals surface area contributed by atoms with Gasteiger partial charge in [0.05, 0.1) is 12.9 Å². The summed E-state index contributed by atoms with van der Waals surface area (Å²) in [6, 6.07) is 0. The normalized spacial score (nSPS) is 26.5. The van der Waals surface area contributed by atoms with Crippen molar-refractivity contribution < 1.29 is 17.4 Å². The van der Waals surface area contributed by atoms with Gasteiger partial charge in [0.2, 0.25) is 0 Å². The second-order valence-corrected chi connectivity index (χ2v) is 5.51. The molecule has 84 valence electrons. The number of hydrogen-bond donors (Lipinski definition) is 0. The Kier molecular flexibility index (Phi) is 3.89. The SMILES string of the molecule is C#CC[C@H]1C[C@@H](COS(C)(=O)=O)CC1=O. The van der Waals surface area contributed by atoms with Crippen molar-refractivity contribution in [2.45, 2.75) is 19.3 Å². The zero-order valence-corrected chi connectivity index (χ0v) is 9.42. The molecule has 5 heteroatoms. The van der Waals surface area contributed by atoms with Crippen LogP contribution in [0.4, 0.5) is 0 Å². The quantitative estimate of drug-likeness (QED) is 0.523. The fraction of sp³-hybridized carbons (Fsp3) is 0.700. The molecule has 0 aliphatic heterocycles. The van der Waals surface area contributed by atoms with Gasteiger partial charge in [-0.05, 0) is 12.3 Å². The molecule has 0 N–H and O–H groups in total. The second-order valence-electron chi connectivity index (χ2n) is 3.87. The van der Waals surface area contributed by atoms with Crippen LogP contribution < -0.4 is 0 Å². The van der Waals surface area contributed by atoms with Crippen molar-refractivity contribution >= 4 is 15.9 Å². The monoisotopic (exact) mass is 230 g/mol. The van der Waals surface area contributed by atoms with E-state index in [0.29, 0.717) is 19.3 Å². The van der Waals surface area contributed by atoms with Gasteiger partial charge in [0.1, 0.15) is 5.78 Å². The first-order valence-electron chi connectivity index (χ1n) is 4.73. The van der Waals surface area contributed by atoms with Crippen molar-refractivity contribution in [1.82, 2.24) is 0 Å². The molecule has 0 aromatic heterocycles. The molecule has 0 spiro atoms. The number of rotatable bonds is 4. The second kappa shape index (κ2) is 4.77. The zero-order valence-electron chi connectivity index (χ0n) is 8.60. The van der Waals surface area contributed by atoms with Crippen LogP contribution in [0.25, 0.3) is 0 Å². The van der Waals surface area contributed by atoms with Crippen molar-refractivity contribution in [3.63, 3.8) is 0 Å². The molecule has 15 heavy (non-hydrogen) atoms. The maximum absolute atomic E-state index is 11.4. The molecule has 0 aromatic carbocycles. The van der Waals surface area contributed by atoms with Gasteiger partial charge in [-0.15, -0.1) is 12.3 Å². The van der Waals surface area contributed by atoms with Crippen LogP contribution in [0.5, 0.6) is 0 Å². The summed E-state index contributed by atoms with van der Waals surface area (Å²) in [5.41, 5.74) is 0. The number of ketones is 1. The predicted molar refractivity (Wildman–Crippen MR) is 55.5 cm³/mol. The van der Waals surface area contributed by atoms with E-state index in [1.165, 1.54) is 0 Å². The molecular formula is C10H14O4S. The van der Waals surface area contributed by atoms with Crippen LogP contribution in [-0.4, -0.2) is 27.1 Å². The summed E-state index contributed by atoms with van der Waals surface area (Å²) in [4.78, 5) is 11.4. The fourth-order valence-electron chi connectivity index (χ4n) is 1.75. The van der Waals surface area contributed by atoms with Gasteiger partial charge < -0.3 is 0 Å². The Labute approximate surface area is 90.1 Å². The van der Waals surface area contributed by atoms with Crippen LogP contribution in [-0.2, 0) is 19.1 Å². The first kappa shape index (κ1) is 12.2. The lowest BCUT2D eigenvalue weighted by molar-refractivity contribution is -0.120. The summed E-state index contributed by atoms with van der Waals surface area (Å²) in [5, 5.41) is 0. The first-order valence-corrected chi connectivity index (χ1v) is 6.54. The molecule has 1 aliphatic rings. The molecule has 1 aliphatic carbocycles. The zero-order chi connectivity index (χ0) is 11.5. The van der Waals surface area contributed by atoms with E-state index in [2.05, 4.69) is 10.1 Å². The molecule has 0 saturated heterocycles. The number of terminal acetylenes is 1. The van der Waals surface area contributed by atoms with E-state index in [-0.39, 0.29) is 24.2 Å². The first-order chi connectivity index (χ1) is 6.92. The molecule has 0 amide bonds. The van der Waals surface area contributed by atoms with Crippen molar-refractivity contribution in [2.75, 3.05) is 12.9 Å². The van der Waals surface area contributed by atoms with Gasteiger partial charge in [-0.25, -0.2) is 0 Å². The third-order valence-electron chi connectivity index (χ3n) is 2.45. The molecule has 0 aromatic rings. The highest BCUT2D eigenvalue weighted by atomic mass is 32.2. The van der Waals surface area contributed by atoms with Crippen molar-refractivity contribution in [1.29, 1.82) is 0 Å². The Bertz CT molecular complexity index is 377. The van der Waals surface area contributed by atoms with Gasteiger partial charge in [0, 0.05) is 18.8 Å². The number of carbonyl (C=O) groups excluding carboxylic acids is 1. The van der Waals surface area contributed by atoms with Crippen LogP contribution in [0.3, 0.4) is 0 Å². The Balaban J connectivity index is 2.43. The molecule has 1 fully saturated rings. The van der Waals surface area contributed by atoms with Gasteiger partial charge in [-0.3, -0.25) is 8.98 Å². The van der Waals surface area contributed by atoms with Crippen LogP contribution in [0.2, 0.25) is 0 Å². The van der Waals surface area contributed by atoms with E-state index < -0.39 is 10.1 Å². The van der Waals surface area contributed by atoms with E-state index in [1.54, 1.807) is 0 Å². The summed E-state index contributed by atoms with van der Waals surface area (Å²) in [6.07, 6.45) is 7.59. The molecular weight excluding hydrogens is 216 g/mol. The Morgan fingerprint density at radius 2 is 2.27 bits per heavy atom. The Morgan fingerprint density at radius 3 is 2.80 bits per heavy atom. The number of Topliss-reactive ketones (excluding diaryl/α,β-unsaturated/α-hetero) is 1. The van der Waals surface area contributed by atoms with E-state index in [4.69, 9.17) is 6.42 Å². The number of hydrogen-bond acceptors (Lipinski definition) is 4. The maximum Gasteiger partial charge on any atom is 0.264 e. The Morgan fingerprint density at radius 1 is 1.60 bits per heavy atom. The van der Waals surface area contributed by atoms with E-state index in [9.17, 15) is 13.2 Å². The van der Waals surface area contributed by atoms with Gasteiger partial charge >= 0.3 is 0 Å². The van der Waals surface area contributed by atoms with Crippen LogP contribution in [0, 0.1) is 24.2 Å². The Hall–Kier alpha value is -0.860. The summed E-state index contributed by atoms with van der Waals surface area (Å²) in [6.45, 7) is 0.0889. The van der Waals surface area contributed by atoms with Gasteiger partial charge in [0.25, 0.3) is 10.1 Å². The molecule has 1 rings (SSSR count). The largest absolute Gasteiger partial charge is 0.299 e. The molecule has 2 atom stereocenters. The average Bonchev–Trinajstić information content (AvgIpc) is 2.44. The fourth-order valence-corrected chi connectivity index (χ4v) is 2.19. The molecule has 0 bridgehead atoms. The van der Waals surface area contributed by atoms with Gasteiger partial charge in [-0.2, -0.15) is 8.42 Å².